The molecule has 0 aromatic heterocycles. The molecule has 0 bridgehead atoms. The number of rotatable bonds is 5. The van der Waals surface area contributed by atoms with E-state index in [1.54, 1.807) is 0 Å². The zero-order chi connectivity index (χ0) is 21.8. The summed E-state index contributed by atoms with van der Waals surface area (Å²) in [5, 5.41) is 10.2. The van der Waals surface area contributed by atoms with Gasteiger partial charge >= 0.3 is 0 Å². The molecular formula is C28H44O2. The molecule has 0 saturated heterocycles. The Morgan fingerprint density at radius 3 is 2.60 bits per heavy atom. The predicted octanol–water partition coefficient (Wildman–Crippen LogP) is 6.73. The first-order chi connectivity index (χ1) is 14.1. The van der Waals surface area contributed by atoms with Gasteiger partial charge in [-0.05, 0) is 91.8 Å². The second-order valence-corrected chi connectivity index (χ2v) is 12.2. The van der Waals surface area contributed by atoms with Crippen LogP contribution in [0.5, 0.6) is 0 Å². The normalized spacial score (nSPS) is 44.2. The maximum absolute atomic E-state index is 13.4. The number of aliphatic hydroxyl groups excluding tert-OH is 1. The topological polar surface area (TPSA) is 37.3 Å². The molecular weight excluding hydrogens is 368 g/mol. The molecule has 8 atom stereocenters. The first-order valence-corrected chi connectivity index (χ1v) is 12.7. The van der Waals surface area contributed by atoms with Crippen molar-refractivity contribution in [3.8, 4) is 0 Å². The first kappa shape index (κ1) is 22.3. The molecule has 0 heterocycles. The van der Waals surface area contributed by atoms with E-state index < -0.39 is 0 Å². The highest BCUT2D eigenvalue weighted by atomic mass is 16.3. The molecule has 4 rings (SSSR count). The van der Waals surface area contributed by atoms with Crippen molar-refractivity contribution >= 4 is 5.78 Å². The Morgan fingerprint density at radius 2 is 1.90 bits per heavy atom. The SMILES string of the molecule is C=C(CCC(C)C1C(=O)CC2C3CC=C4CC(O)CCC4(C)C3CCC21C)C(C)C. The van der Waals surface area contributed by atoms with Gasteiger partial charge < -0.3 is 5.11 Å². The third kappa shape index (κ3) is 3.46. The van der Waals surface area contributed by atoms with Gasteiger partial charge in [0.05, 0.1) is 6.10 Å². The van der Waals surface area contributed by atoms with Crippen LogP contribution in [0.1, 0.15) is 92.4 Å². The number of aliphatic hydroxyl groups is 1. The van der Waals surface area contributed by atoms with E-state index in [1.165, 1.54) is 24.0 Å². The largest absolute Gasteiger partial charge is 0.393 e. The lowest BCUT2D eigenvalue weighted by Crippen LogP contribution is -2.51. The molecule has 0 aromatic rings. The van der Waals surface area contributed by atoms with E-state index in [9.17, 15) is 9.90 Å². The van der Waals surface area contributed by atoms with Gasteiger partial charge in [0, 0.05) is 12.3 Å². The van der Waals surface area contributed by atoms with E-state index >= 15 is 0 Å². The molecule has 168 valence electrons. The molecule has 0 amide bonds. The Kier molecular flexibility index (Phi) is 5.88. The molecule has 2 nitrogen and oxygen atoms in total. The highest BCUT2D eigenvalue weighted by molar-refractivity contribution is 5.85. The van der Waals surface area contributed by atoms with Gasteiger partial charge in [-0.3, -0.25) is 4.79 Å². The lowest BCUT2D eigenvalue weighted by molar-refractivity contribution is -0.124. The van der Waals surface area contributed by atoms with Crippen LogP contribution in [0.15, 0.2) is 23.8 Å². The monoisotopic (exact) mass is 412 g/mol. The Bertz CT molecular complexity index is 733. The minimum Gasteiger partial charge on any atom is -0.393 e. The fourth-order valence-electron chi connectivity index (χ4n) is 8.31. The van der Waals surface area contributed by atoms with E-state index in [4.69, 9.17) is 0 Å². The van der Waals surface area contributed by atoms with Gasteiger partial charge in [-0.2, -0.15) is 0 Å². The predicted molar refractivity (Wildman–Crippen MR) is 124 cm³/mol. The van der Waals surface area contributed by atoms with Crippen molar-refractivity contribution in [2.45, 2.75) is 98.5 Å². The molecule has 0 radical (unpaired) electrons. The molecule has 3 fully saturated rings. The number of carbonyl (C=O) groups excluding carboxylic acids is 1. The summed E-state index contributed by atoms with van der Waals surface area (Å²) in [6, 6.07) is 0. The number of fused-ring (bicyclic) bond motifs is 5. The Hall–Kier alpha value is -0.890. The Morgan fingerprint density at radius 1 is 1.17 bits per heavy atom. The number of Topliss-reactive ketones (excluding diaryl/α,β-unsaturated/α-hetero) is 1. The second-order valence-electron chi connectivity index (χ2n) is 12.2. The van der Waals surface area contributed by atoms with Crippen LogP contribution in [0.2, 0.25) is 0 Å². The average molecular weight is 413 g/mol. The van der Waals surface area contributed by atoms with Crippen LogP contribution in [0.25, 0.3) is 0 Å². The summed E-state index contributed by atoms with van der Waals surface area (Å²) < 4.78 is 0. The van der Waals surface area contributed by atoms with E-state index in [2.05, 4.69) is 47.3 Å². The third-order valence-corrected chi connectivity index (χ3v) is 10.3. The van der Waals surface area contributed by atoms with Crippen LogP contribution >= 0.6 is 0 Å². The molecule has 1 N–H and O–H groups in total. The maximum atomic E-state index is 13.4. The minimum absolute atomic E-state index is 0.145. The van der Waals surface area contributed by atoms with Crippen LogP contribution in [-0.4, -0.2) is 17.0 Å². The van der Waals surface area contributed by atoms with Gasteiger partial charge in [0.15, 0.2) is 0 Å². The van der Waals surface area contributed by atoms with Crippen LogP contribution in [0.4, 0.5) is 0 Å². The number of hydrogen-bond acceptors (Lipinski definition) is 2. The van der Waals surface area contributed by atoms with E-state index in [-0.39, 0.29) is 22.9 Å². The van der Waals surface area contributed by atoms with E-state index in [0.29, 0.717) is 35.4 Å². The zero-order valence-corrected chi connectivity index (χ0v) is 20.0. The molecule has 30 heavy (non-hydrogen) atoms. The number of hydrogen-bond donors (Lipinski definition) is 1. The van der Waals surface area contributed by atoms with Gasteiger partial charge in [-0.15, -0.1) is 0 Å². The zero-order valence-electron chi connectivity index (χ0n) is 20.0. The van der Waals surface area contributed by atoms with Crippen molar-refractivity contribution in [1.82, 2.24) is 0 Å². The van der Waals surface area contributed by atoms with Crippen molar-refractivity contribution in [2.24, 2.45) is 46.3 Å². The summed E-state index contributed by atoms with van der Waals surface area (Å²) in [7, 11) is 0. The summed E-state index contributed by atoms with van der Waals surface area (Å²) in [6.07, 6.45) is 11.8. The van der Waals surface area contributed by atoms with Gasteiger partial charge in [-0.25, -0.2) is 0 Å². The molecule has 4 aliphatic rings. The molecule has 8 unspecified atom stereocenters. The third-order valence-electron chi connectivity index (χ3n) is 10.3. The summed E-state index contributed by atoms with van der Waals surface area (Å²) in [6.45, 7) is 16.0. The van der Waals surface area contributed by atoms with Crippen LogP contribution in [0.3, 0.4) is 0 Å². The minimum atomic E-state index is -0.145. The quantitative estimate of drug-likeness (QED) is 0.508. The molecule has 0 spiro atoms. The van der Waals surface area contributed by atoms with Crippen LogP contribution in [-0.2, 0) is 4.79 Å². The summed E-state index contributed by atoms with van der Waals surface area (Å²) in [5.74, 6) is 3.67. The summed E-state index contributed by atoms with van der Waals surface area (Å²) >= 11 is 0. The van der Waals surface area contributed by atoms with Gasteiger partial charge in [0.1, 0.15) is 5.78 Å². The van der Waals surface area contributed by atoms with Crippen molar-refractivity contribution in [1.29, 1.82) is 0 Å². The van der Waals surface area contributed by atoms with Crippen molar-refractivity contribution in [3.63, 3.8) is 0 Å². The highest BCUT2D eigenvalue weighted by Gasteiger charge is 2.61. The number of allylic oxidation sites excluding steroid dienone is 2. The smallest absolute Gasteiger partial charge is 0.137 e. The van der Waals surface area contributed by atoms with Gasteiger partial charge in [0.25, 0.3) is 0 Å². The number of carbonyl (C=O) groups is 1. The molecule has 3 saturated carbocycles. The summed E-state index contributed by atoms with van der Waals surface area (Å²) in [5.41, 5.74) is 3.28. The molecule has 2 heteroatoms. The summed E-state index contributed by atoms with van der Waals surface area (Å²) in [4.78, 5) is 13.4. The van der Waals surface area contributed by atoms with Crippen LogP contribution < -0.4 is 0 Å². The lowest BCUT2D eigenvalue weighted by Gasteiger charge is -2.58. The molecule has 4 aliphatic carbocycles. The van der Waals surface area contributed by atoms with Crippen molar-refractivity contribution in [3.05, 3.63) is 23.8 Å². The van der Waals surface area contributed by atoms with Crippen molar-refractivity contribution < 1.29 is 9.90 Å². The lowest BCUT2D eigenvalue weighted by atomic mass is 9.47. The van der Waals surface area contributed by atoms with Crippen LogP contribution in [0, 0.1) is 46.3 Å². The second kappa shape index (κ2) is 7.91. The Balaban J connectivity index is 1.54. The number of ketones is 1. The van der Waals surface area contributed by atoms with E-state index in [0.717, 1.165) is 44.9 Å². The fourth-order valence-corrected chi connectivity index (χ4v) is 8.31. The Labute approximate surface area is 184 Å². The fraction of sp³-hybridized carbons (Fsp3) is 0.821. The van der Waals surface area contributed by atoms with Gasteiger partial charge in [0.2, 0.25) is 0 Å². The average Bonchev–Trinajstić information content (AvgIpc) is 2.96. The highest BCUT2D eigenvalue weighted by Crippen LogP contribution is 2.66. The first-order valence-electron chi connectivity index (χ1n) is 12.7. The van der Waals surface area contributed by atoms with Gasteiger partial charge in [-0.1, -0.05) is 58.4 Å². The van der Waals surface area contributed by atoms with Crippen molar-refractivity contribution in [2.75, 3.05) is 0 Å². The molecule has 0 aromatic carbocycles. The standard InChI is InChI=1S/C28H44O2/c1-17(2)18(3)7-8-19(4)26-25(30)16-24-22-10-9-20-15-21(29)11-13-27(20,5)23(22)12-14-28(24,26)6/h9,17,19,21-24,26,29H,3,7-8,10-16H2,1-2,4-6H3. The maximum Gasteiger partial charge on any atom is 0.137 e. The van der Waals surface area contributed by atoms with E-state index in [1.807, 2.05) is 0 Å². The molecule has 0 aliphatic heterocycles.